The molecule has 1 atom stereocenters. The lowest BCUT2D eigenvalue weighted by molar-refractivity contribution is -0.258. The summed E-state index contributed by atoms with van der Waals surface area (Å²) in [6.07, 6.45) is -14.4. The van der Waals surface area contributed by atoms with E-state index in [9.17, 15) is 39.9 Å². The summed E-state index contributed by atoms with van der Waals surface area (Å²) in [6.45, 7) is 1.05. The molecule has 0 aromatic heterocycles. The van der Waals surface area contributed by atoms with Crippen LogP contribution >= 0.6 is 11.8 Å². The van der Waals surface area contributed by atoms with Gasteiger partial charge in [0.25, 0.3) is 18.0 Å². The molecule has 0 saturated heterocycles. The van der Waals surface area contributed by atoms with E-state index in [4.69, 9.17) is 0 Å². The van der Waals surface area contributed by atoms with E-state index in [0.717, 1.165) is 6.92 Å². The Hall–Kier alpha value is -0.540. The molecule has 0 aliphatic rings. The SMILES string of the molecule is CC(=O)SCCC(F)(F)CC(F)(F)C(F)C(F)(F)F. The van der Waals surface area contributed by atoms with Gasteiger partial charge in [-0.3, -0.25) is 4.79 Å². The van der Waals surface area contributed by atoms with Crippen molar-refractivity contribution >= 4 is 16.9 Å². The Kier molecular flexibility index (Phi) is 6.10. The summed E-state index contributed by atoms with van der Waals surface area (Å²) < 4.78 is 99.0. The van der Waals surface area contributed by atoms with Crippen LogP contribution in [-0.2, 0) is 4.79 Å². The number of alkyl halides is 8. The highest BCUT2D eigenvalue weighted by Crippen LogP contribution is 2.42. The zero-order valence-corrected chi connectivity index (χ0v) is 10.4. The molecule has 0 aliphatic heterocycles. The number of halogens is 8. The van der Waals surface area contributed by atoms with Crippen molar-refractivity contribution in [2.24, 2.45) is 0 Å². The second-order valence-corrected chi connectivity index (χ2v) is 5.06. The summed E-state index contributed by atoms with van der Waals surface area (Å²) in [5.41, 5.74) is 0. The normalized spacial score (nSPS) is 15.4. The minimum atomic E-state index is -5.91. The molecule has 0 radical (unpaired) electrons. The first kappa shape index (κ1) is 18.5. The Morgan fingerprint density at radius 2 is 1.58 bits per heavy atom. The minimum Gasteiger partial charge on any atom is -0.288 e. The number of carbonyl (C=O) groups excluding carboxylic acids is 1. The summed E-state index contributed by atoms with van der Waals surface area (Å²) in [6, 6.07) is 0. The Morgan fingerprint density at radius 3 is 1.95 bits per heavy atom. The van der Waals surface area contributed by atoms with Crippen LogP contribution < -0.4 is 0 Å². The van der Waals surface area contributed by atoms with Crippen LogP contribution in [0.4, 0.5) is 35.1 Å². The molecular weight excluding hydrogens is 308 g/mol. The zero-order valence-electron chi connectivity index (χ0n) is 9.54. The van der Waals surface area contributed by atoms with Gasteiger partial charge in [-0.2, -0.15) is 13.2 Å². The summed E-state index contributed by atoms with van der Waals surface area (Å²) in [4.78, 5) is 10.4. The second kappa shape index (κ2) is 6.27. The number of hydrogen-bond acceptors (Lipinski definition) is 2. The molecule has 0 aromatic rings. The van der Waals surface area contributed by atoms with Gasteiger partial charge in [0.15, 0.2) is 5.12 Å². The van der Waals surface area contributed by atoms with Crippen LogP contribution in [0.25, 0.3) is 0 Å². The standard InChI is InChI=1S/C9H10F8OS/c1-5(18)19-3-2-7(11,12)4-8(13,14)6(10)9(15,16)17/h6H,2-4H2,1H3. The van der Waals surface area contributed by atoms with Crippen molar-refractivity contribution < 1.29 is 39.9 Å². The van der Waals surface area contributed by atoms with Crippen molar-refractivity contribution in [2.75, 3.05) is 5.75 Å². The number of carbonyl (C=O) groups is 1. The summed E-state index contributed by atoms with van der Waals surface area (Å²) in [5, 5.41) is -0.541. The summed E-state index contributed by atoms with van der Waals surface area (Å²) in [5.74, 6) is -9.95. The Bertz CT molecular complexity index is 314. The Morgan fingerprint density at radius 1 is 1.11 bits per heavy atom. The maximum atomic E-state index is 13.0. The van der Waals surface area contributed by atoms with Crippen LogP contribution in [-0.4, -0.2) is 35.1 Å². The van der Waals surface area contributed by atoms with Crippen molar-refractivity contribution in [1.29, 1.82) is 0 Å². The van der Waals surface area contributed by atoms with E-state index >= 15 is 0 Å². The number of thioether (sulfide) groups is 1. The molecule has 19 heavy (non-hydrogen) atoms. The first-order valence-corrected chi connectivity index (χ1v) is 5.86. The quantitative estimate of drug-likeness (QED) is 0.682. The van der Waals surface area contributed by atoms with Gasteiger partial charge in [0.05, 0.1) is 6.42 Å². The van der Waals surface area contributed by atoms with Crippen molar-refractivity contribution in [3.8, 4) is 0 Å². The molecule has 0 bridgehead atoms. The highest BCUT2D eigenvalue weighted by Gasteiger charge is 2.59. The number of rotatable bonds is 6. The van der Waals surface area contributed by atoms with Crippen LogP contribution in [0.1, 0.15) is 19.8 Å². The van der Waals surface area contributed by atoms with Gasteiger partial charge in [-0.1, -0.05) is 11.8 Å². The average molecular weight is 318 g/mol. The molecule has 114 valence electrons. The molecule has 0 fully saturated rings. The lowest BCUT2D eigenvalue weighted by Gasteiger charge is -2.26. The molecule has 1 unspecified atom stereocenters. The maximum absolute atomic E-state index is 13.0. The topological polar surface area (TPSA) is 17.1 Å². The monoisotopic (exact) mass is 318 g/mol. The van der Waals surface area contributed by atoms with E-state index in [1.165, 1.54) is 0 Å². The predicted octanol–water partition coefficient (Wildman–Crippen LogP) is 4.22. The fourth-order valence-electron chi connectivity index (χ4n) is 1.11. The average Bonchev–Trinajstić information content (AvgIpc) is 2.12. The largest absolute Gasteiger partial charge is 0.425 e. The van der Waals surface area contributed by atoms with Crippen LogP contribution in [0.5, 0.6) is 0 Å². The second-order valence-electron chi connectivity index (χ2n) is 3.79. The lowest BCUT2D eigenvalue weighted by Crippen LogP contribution is -2.45. The molecule has 10 heteroatoms. The van der Waals surface area contributed by atoms with Crippen molar-refractivity contribution in [3.05, 3.63) is 0 Å². The number of hydrogen-bond donors (Lipinski definition) is 0. The first-order valence-electron chi connectivity index (χ1n) is 4.88. The highest BCUT2D eigenvalue weighted by atomic mass is 32.2. The van der Waals surface area contributed by atoms with Gasteiger partial charge in [0.1, 0.15) is 0 Å². The fourth-order valence-corrected chi connectivity index (χ4v) is 1.79. The van der Waals surface area contributed by atoms with Gasteiger partial charge in [0, 0.05) is 19.1 Å². The molecule has 0 rings (SSSR count). The van der Waals surface area contributed by atoms with Gasteiger partial charge >= 0.3 is 6.18 Å². The maximum Gasteiger partial charge on any atom is 0.425 e. The van der Waals surface area contributed by atoms with Crippen molar-refractivity contribution in [2.45, 2.75) is 44.0 Å². The van der Waals surface area contributed by atoms with Crippen molar-refractivity contribution in [3.63, 3.8) is 0 Å². The third-order valence-corrected chi connectivity index (χ3v) is 2.74. The predicted molar refractivity (Wildman–Crippen MR) is 53.2 cm³/mol. The molecule has 0 aliphatic carbocycles. The third kappa shape index (κ3) is 6.98. The lowest BCUT2D eigenvalue weighted by atomic mass is 10.0. The van der Waals surface area contributed by atoms with Gasteiger partial charge in [-0.25, -0.2) is 22.0 Å². The Labute approximate surface area is 107 Å². The molecule has 0 N–H and O–H groups in total. The molecule has 0 saturated carbocycles. The van der Waals surface area contributed by atoms with Gasteiger partial charge in [-0.15, -0.1) is 0 Å². The third-order valence-electron chi connectivity index (χ3n) is 1.93. The molecule has 0 aromatic carbocycles. The molecule has 1 nitrogen and oxygen atoms in total. The highest BCUT2D eigenvalue weighted by molar-refractivity contribution is 8.13. The van der Waals surface area contributed by atoms with E-state index in [-0.39, 0.29) is 0 Å². The summed E-state index contributed by atoms with van der Waals surface area (Å²) in [7, 11) is 0. The smallest absolute Gasteiger partial charge is 0.288 e. The van der Waals surface area contributed by atoms with E-state index in [0.29, 0.717) is 11.8 Å². The van der Waals surface area contributed by atoms with E-state index in [1.54, 1.807) is 0 Å². The van der Waals surface area contributed by atoms with E-state index < -0.39 is 47.9 Å². The Balaban J connectivity index is 4.58. The van der Waals surface area contributed by atoms with Crippen molar-refractivity contribution in [1.82, 2.24) is 0 Å². The van der Waals surface area contributed by atoms with Crippen LogP contribution in [0.15, 0.2) is 0 Å². The van der Waals surface area contributed by atoms with Crippen LogP contribution in [0.2, 0.25) is 0 Å². The van der Waals surface area contributed by atoms with E-state index in [1.807, 2.05) is 0 Å². The molecular formula is C9H10F8OS. The van der Waals surface area contributed by atoms with Gasteiger partial charge < -0.3 is 0 Å². The minimum absolute atomic E-state index is 0.418. The van der Waals surface area contributed by atoms with Crippen LogP contribution in [0, 0.1) is 0 Å². The van der Waals surface area contributed by atoms with Gasteiger partial charge in [0.2, 0.25) is 0 Å². The molecule has 0 heterocycles. The molecule has 0 amide bonds. The fraction of sp³-hybridized carbons (Fsp3) is 0.889. The molecule has 0 spiro atoms. The first-order chi connectivity index (χ1) is 8.28. The van der Waals surface area contributed by atoms with Crippen LogP contribution in [0.3, 0.4) is 0 Å². The van der Waals surface area contributed by atoms with Gasteiger partial charge in [-0.05, 0) is 0 Å². The summed E-state index contributed by atoms with van der Waals surface area (Å²) >= 11 is 0.418. The zero-order chi connectivity index (χ0) is 15.5. The van der Waals surface area contributed by atoms with E-state index in [2.05, 4.69) is 0 Å².